The van der Waals surface area contributed by atoms with E-state index in [1.54, 1.807) is 4.90 Å². The van der Waals surface area contributed by atoms with E-state index in [-0.39, 0.29) is 17.7 Å². The lowest BCUT2D eigenvalue weighted by molar-refractivity contribution is -0.142. The Morgan fingerprint density at radius 3 is 2.33 bits per heavy atom. The molecule has 3 aliphatic heterocycles. The molecule has 0 aromatic rings. The van der Waals surface area contributed by atoms with Gasteiger partial charge in [0.2, 0.25) is 11.8 Å². The molecule has 0 radical (unpaired) electrons. The van der Waals surface area contributed by atoms with Crippen LogP contribution in [0.4, 0.5) is 0 Å². The first-order valence-electron chi connectivity index (χ1n) is 9.18. The van der Waals surface area contributed by atoms with Gasteiger partial charge < -0.3 is 19.6 Å². The molecule has 2 amide bonds. The number of amides is 2. The molecule has 1 N–H and O–H groups in total. The van der Waals surface area contributed by atoms with Crippen LogP contribution >= 0.6 is 0 Å². The van der Waals surface area contributed by atoms with Gasteiger partial charge in [-0.15, -0.1) is 0 Å². The fourth-order valence-electron chi connectivity index (χ4n) is 4.16. The molecule has 7 nitrogen and oxygen atoms in total. The van der Waals surface area contributed by atoms with E-state index in [2.05, 4.69) is 4.90 Å². The van der Waals surface area contributed by atoms with Crippen LogP contribution in [0.5, 0.6) is 0 Å². The maximum Gasteiger partial charge on any atom is 0.248 e. The van der Waals surface area contributed by atoms with Crippen molar-refractivity contribution in [2.24, 2.45) is 5.92 Å². The first-order chi connectivity index (χ1) is 11.7. The van der Waals surface area contributed by atoms with E-state index in [1.165, 1.54) is 0 Å². The normalized spacial score (nSPS) is 27.3. The number of rotatable bonds is 3. The lowest BCUT2D eigenvalue weighted by atomic mass is 9.92. The lowest BCUT2D eigenvalue weighted by Gasteiger charge is -2.43. The van der Waals surface area contributed by atoms with Crippen LogP contribution in [0, 0.1) is 5.92 Å². The summed E-state index contributed by atoms with van der Waals surface area (Å²) in [4.78, 5) is 30.4. The number of nitrogens with zero attached hydrogens (tertiary/aromatic N) is 3. The van der Waals surface area contributed by atoms with Gasteiger partial charge in [0.1, 0.15) is 6.61 Å². The number of hydrogen-bond acceptors (Lipinski definition) is 5. The molecule has 7 heteroatoms. The van der Waals surface area contributed by atoms with Crippen LogP contribution in [-0.4, -0.2) is 96.8 Å². The third kappa shape index (κ3) is 4.07. The number of hydrogen-bond donors (Lipinski definition) is 1. The highest BCUT2D eigenvalue weighted by molar-refractivity contribution is 5.79. The van der Waals surface area contributed by atoms with E-state index >= 15 is 0 Å². The Morgan fingerprint density at radius 1 is 0.958 bits per heavy atom. The van der Waals surface area contributed by atoms with E-state index in [0.717, 1.165) is 51.9 Å². The fourth-order valence-corrected chi connectivity index (χ4v) is 4.16. The summed E-state index contributed by atoms with van der Waals surface area (Å²) in [5, 5.41) is 8.97. The van der Waals surface area contributed by atoms with Crippen LogP contribution in [-0.2, 0) is 14.3 Å². The second-order valence-electron chi connectivity index (χ2n) is 7.04. The SMILES string of the molecule is O=C(CO)N1CCC(N2CCC[C@H](C(=O)N3CCOCC3)C2)CC1. The highest BCUT2D eigenvalue weighted by Crippen LogP contribution is 2.25. The molecule has 0 aliphatic carbocycles. The van der Waals surface area contributed by atoms with Gasteiger partial charge in [-0.3, -0.25) is 14.5 Å². The molecule has 0 aromatic carbocycles. The summed E-state index contributed by atoms with van der Waals surface area (Å²) in [7, 11) is 0. The second-order valence-corrected chi connectivity index (χ2v) is 7.04. The molecule has 136 valence electrons. The van der Waals surface area contributed by atoms with Crippen LogP contribution in [0.15, 0.2) is 0 Å². The van der Waals surface area contributed by atoms with Crippen LogP contribution in [0.3, 0.4) is 0 Å². The van der Waals surface area contributed by atoms with Crippen molar-refractivity contribution in [1.29, 1.82) is 0 Å². The van der Waals surface area contributed by atoms with E-state index in [4.69, 9.17) is 9.84 Å². The zero-order valence-corrected chi connectivity index (χ0v) is 14.4. The van der Waals surface area contributed by atoms with Gasteiger partial charge in [-0.2, -0.15) is 0 Å². The number of ether oxygens (including phenoxy) is 1. The van der Waals surface area contributed by atoms with E-state index in [0.29, 0.717) is 32.3 Å². The number of likely N-dealkylation sites (tertiary alicyclic amines) is 2. The van der Waals surface area contributed by atoms with Gasteiger partial charge in [-0.1, -0.05) is 0 Å². The Kier molecular flexibility index (Phi) is 6.08. The maximum atomic E-state index is 12.7. The van der Waals surface area contributed by atoms with Gasteiger partial charge >= 0.3 is 0 Å². The number of carbonyl (C=O) groups excluding carboxylic acids is 2. The van der Waals surface area contributed by atoms with Crippen molar-refractivity contribution in [2.75, 3.05) is 59.1 Å². The quantitative estimate of drug-likeness (QED) is 0.753. The van der Waals surface area contributed by atoms with E-state index in [1.807, 2.05) is 4.90 Å². The largest absolute Gasteiger partial charge is 0.387 e. The Hall–Kier alpha value is -1.18. The molecule has 0 saturated carbocycles. The monoisotopic (exact) mass is 339 g/mol. The summed E-state index contributed by atoms with van der Waals surface area (Å²) < 4.78 is 5.34. The average molecular weight is 339 g/mol. The Labute approximate surface area is 143 Å². The van der Waals surface area contributed by atoms with E-state index in [9.17, 15) is 9.59 Å². The topological polar surface area (TPSA) is 73.3 Å². The van der Waals surface area contributed by atoms with Crippen molar-refractivity contribution in [3.63, 3.8) is 0 Å². The molecular weight excluding hydrogens is 310 g/mol. The Bertz CT molecular complexity index is 445. The highest BCUT2D eigenvalue weighted by atomic mass is 16.5. The Morgan fingerprint density at radius 2 is 1.67 bits per heavy atom. The molecule has 3 saturated heterocycles. The molecule has 3 heterocycles. The lowest BCUT2D eigenvalue weighted by Crippen LogP contribution is -2.53. The summed E-state index contributed by atoms with van der Waals surface area (Å²) in [5.74, 6) is 0.220. The van der Waals surface area contributed by atoms with Crippen LogP contribution < -0.4 is 0 Å². The number of aliphatic hydroxyl groups excluding tert-OH is 1. The summed E-state index contributed by atoms with van der Waals surface area (Å²) in [6.45, 7) is 5.66. The van der Waals surface area contributed by atoms with Gasteiger partial charge in [0.25, 0.3) is 0 Å². The zero-order chi connectivity index (χ0) is 16.9. The molecule has 1 atom stereocenters. The number of piperidine rings is 2. The van der Waals surface area contributed by atoms with Crippen LogP contribution in [0.25, 0.3) is 0 Å². The molecule has 0 spiro atoms. The summed E-state index contributed by atoms with van der Waals surface area (Å²) in [6, 6.07) is 0.452. The summed E-state index contributed by atoms with van der Waals surface area (Å²) >= 11 is 0. The second kappa shape index (κ2) is 8.27. The predicted octanol–water partition coefficient (Wildman–Crippen LogP) is -0.459. The van der Waals surface area contributed by atoms with Crippen molar-refractivity contribution >= 4 is 11.8 Å². The minimum absolute atomic E-state index is 0.106. The minimum atomic E-state index is -0.398. The number of morpholine rings is 1. The molecule has 3 rings (SSSR count). The molecule has 0 bridgehead atoms. The standard InChI is InChI=1S/C17H29N3O4/c21-13-16(22)18-6-3-15(4-7-18)20-5-1-2-14(12-20)17(23)19-8-10-24-11-9-19/h14-15,21H,1-13H2/t14-/m0/s1. The summed E-state index contributed by atoms with van der Waals surface area (Å²) in [6.07, 6.45) is 3.92. The van der Waals surface area contributed by atoms with Crippen molar-refractivity contribution in [3.8, 4) is 0 Å². The smallest absolute Gasteiger partial charge is 0.248 e. The molecular formula is C17H29N3O4. The molecule has 0 unspecified atom stereocenters. The van der Waals surface area contributed by atoms with Crippen molar-refractivity contribution in [2.45, 2.75) is 31.7 Å². The fraction of sp³-hybridized carbons (Fsp3) is 0.882. The molecule has 0 aromatic heterocycles. The van der Waals surface area contributed by atoms with Crippen molar-refractivity contribution < 1.29 is 19.4 Å². The molecule has 3 aliphatic rings. The van der Waals surface area contributed by atoms with Gasteiger partial charge in [0, 0.05) is 38.8 Å². The van der Waals surface area contributed by atoms with Gasteiger partial charge in [0.15, 0.2) is 0 Å². The summed E-state index contributed by atoms with van der Waals surface area (Å²) in [5.41, 5.74) is 0. The van der Waals surface area contributed by atoms with Crippen molar-refractivity contribution in [1.82, 2.24) is 14.7 Å². The minimum Gasteiger partial charge on any atom is -0.387 e. The maximum absolute atomic E-state index is 12.7. The molecule has 3 fully saturated rings. The molecule has 24 heavy (non-hydrogen) atoms. The zero-order valence-electron chi connectivity index (χ0n) is 14.4. The number of aliphatic hydroxyl groups is 1. The van der Waals surface area contributed by atoms with Crippen LogP contribution in [0.1, 0.15) is 25.7 Å². The van der Waals surface area contributed by atoms with E-state index < -0.39 is 6.61 Å². The van der Waals surface area contributed by atoms with Gasteiger partial charge in [-0.25, -0.2) is 0 Å². The van der Waals surface area contributed by atoms with Gasteiger partial charge in [-0.05, 0) is 32.2 Å². The Balaban J connectivity index is 1.50. The third-order valence-electron chi connectivity index (χ3n) is 5.59. The first-order valence-corrected chi connectivity index (χ1v) is 9.18. The van der Waals surface area contributed by atoms with Crippen LogP contribution in [0.2, 0.25) is 0 Å². The first kappa shape index (κ1) is 17.6. The average Bonchev–Trinajstić information content (AvgIpc) is 2.67. The van der Waals surface area contributed by atoms with Gasteiger partial charge in [0.05, 0.1) is 19.1 Å². The number of carbonyl (C=O) groups is 2. The third-order valence-corrected chi connectivity index (χ3v) is 5.59. The highest BCUT2D eigenvalue weighted by Gasteiger charge is 2.34. The predicted molar refractivity (Wildman–Crippen MR) is 88.4 cm³/mol. The van der Waals surface area contributed by atoms with Crippen molar-refractivity contribution in [3.05, 3.63) is 0 Å².